The molecule has 0 bridgehead atoms. The Hall–Kier alpha value is -1.23. The number of piperidine rings is 1. The third-order valence-electron chi connectivity index (χ3n) is 3.50. The van der Waals surface area contributed by atoms with Crippen LogP contribution in [-0.4, -0.2) is 33.9 Å². The highest BCUT2D eigenvalue weighted by atomic mass is 16.5. The maximum Gasteiger partial charge on any atom is 0.226 e. The van der Waals surface area contributed by atoms with E-state index in [1.54, 1.807) is 6.92 Å². The summed E-state index contributed by atoms with van der Waals surface area (Å²) in [5.41, 5.74) is 0. The van der Waals surface area contributed by atoms with Crippen molar-refractivity contribution in [2.45, 2.75) is 46.1 Å². The average Bonchev–Trinajstić information content (AvgIpc) is 2.78. The number of likely N-dealkylation sites (tertiary alicyclic amines) is 1. The van der Waals surface area contributed by atoms with Crippen LogP contribution in [0.4, 0.5) is 0 Å². The molecule has 0 atom stereocenters. The fourth-order valence-corrected chi connectivity index (χ4v) is 2.37. The summed E-state index contributed by atoms with van der Waals surface area (Å²) < 4.78 is 5.16. The van der Waals surface area contributed by atoms with E-state index in [1.165, 1.54) is 0 Å². The number of hydrogen-bond acceptors (Lipinski definition) is 5. The molecule has 0 amide bonds. The lowest BCUT2D eigenvalue weighted by Crippen LogP contribution is -2.35. The molecule has 0 spiro atoms. The number of Topliss-reactive ketones (excluding diaryl/α,β-unsaturated/α-hetero) is 1. The van der Waals surface area contributed by atoms with E-state index in [0.717, 1.165) is 57.0 Å². The van der Waals surface area contributed by atoms with Gasteiger partial charge in [-0.3, -0.25) is 9.69 Å². The van der Waals surface area contributed by atoms with Gasteiger partial charge in [-0.25, -0.2) is 0 Å². The van der Waals surface area contributed by atoms with Crippen LogP contribution < -0.4 is 0 Å². The van der Waals surface area contributed by atoms with E-state index < -0.39 is 0 Å². The molecule has 0 saturated carbocycles. The fourth-order valence-electron chi connectivity index (χ4n) is 2.37. The minimum atomic E-state index is 0.252. The number of nitrogens with zero attached hydrogens (tertiary/aromatic N) is 3. The van der Waals surface area contributed by atoms with E-state index in [4.69, 9.17) is 4.52 Å². The van der Waals surface area contributed by atoms with Gasteiger partial charge in [-0.05, 0) is 39.3 Å². The van der Waals surface area contributed by atoms with Gasteiger partial charge in [0.1, 0.15) is 5.78 Å². The lowest BCUT2D eigenvalue weighted by molar-refractivity contribution is -0.122. The molecule has 1 aromatic rings. The maximum absolute atomic E-state index is 11.3. The second-order valence-corrected chi connectivity index (χ2v) is 5.02. The molecule has 100 valence electrons. The zero-order valence-corrected chi connectivity index (χ0v) is 11.2. The summed E-state index contributed by atoms with van der Waals surface area (Å²) in [7, 11) is 0. The fraction of sp³-hybridized carbons (Fsp3) is 0.769. The molecule has 2 rings (SSSR count). The van der Waals surface area contributed by atoms with Gasteiger partial charge >= 0.3 is 0 Å². The highest BCUT2D eigenvalue weighted by Crippen LogP contribution is 2.19. The molecule has 0 N–H and O–H groups in total. The molecule has 18 heavy (non-hydrogen) atoms. The second-order valence-electron chi connectivity index (χ2n) is 5.02. The summed E-state index contributed by atoms with van der Waals surface area (Å²) >= 11 is 0. The Morgan fingerprint density at radius 1 is 1.44 bits per heavy atom. The van der Waals surface area contributed by atoms with Crippen molar-refractivity contribution in [3.05, 3.63) is 11.7 Å². The minimum Gasteiger partial charge on any atom is -0.339 e. The van der Waals surface area contributed by atoms with Gasteiger partial charge in [0.15, 0.2) is 5.82 Å². The molecule has 1 saturated heterocycles. The summed E-state index contributed by atoms with van der Waals surface area (Å²) in [4.78, 5) is 17.9. The highest BCUT2D eigenvalue weighted by molar-refractivity contribution is 5.78. The molecule has 5 heteroatoms. The molecular formula is C13H21N3O2. The smallest absolute Gasteiger partial charge is 0.226 e. The number of carbonyl (C=O) groups excluding carboxylic acids is 1. The molecule has 1 fully saturated rings. The number of aryl methyl sites for hydroxylation is 1. The van der Waals surface area contributed by atoms with E-state index in [-0.39, 0.29) is 5.92 Å². The van der Waals surface area contributed by atoms with Gasteiger partial charge in [0, 0.05) is 12.3 Å². The van der Waals surface area contributed by atoms with Crippen molar-refractivity contribution in [2.24, 2.45) is 5.92 Å². The lowest BCUT2D eigenvalue weighted by atomic mass is 9.93. The highest BCUT2D eigenvalue weighted by Gasteiger charge is 2.23. The first kappa shape index (κ1) is 13.2. The average molecular weight is 251 g/mol. The monoisotopic (exact) mass is 251 g/mol. The molecule has 5 nitrogen and oxygen atoms in total. The van der Waals surface area contributed by atoms with Crippen molar-refractivity contribution in [1.82, 2.24) is 15.0 Å². The first-order valence-corrected chi connectivity index (χ1v) is 6.73. The van der Waals surface area contributed by atoms with E-state index >= 15 is 0 Å². The van der Waals surface area contributed by atoms with Crippen LogP contribution in [0.15, 0.2) is 4.52 Å². The topological polar surface area (TPSA) is 59.2 Å². The molecule has 0 aromatic carbocycles. The van der Waals surface area contributed by atoms with Crippen molar-refractivity contribution in [1.29, 1.82) is 0 Å². The van der Waals surface area contributed by atoms with E-state index in [2.05, 4.69) is 22.0 Å². The predicted octanol–water partition coefficient (Wildman–Crippen LogP) is 1.82. The van der Waals surface area contributed by atoms with Crippen molar-refractivity contribution < 1.29 is 9.32 Å². The number of aromatic nitrogens is 2. The third kappa shape index (κ3) is 3.38. The van der Waals surface area contributed by atoms with Gasteiger partial charge in [-0.1, -0.05) is 12.1 Å². The van der Waals surface area contributed by atoms with E-state index in [0.29, 0.717) is 5.78 Å². The van der Waals surface area contributed by atoms with Gasteiger partial charge in [0.25, 0.3) is 0 Å². The standard InChI is InChI=1S/C13H21N3O2/c1-3-4-13-14-12(15-18-13)9-16-7-5-11(6-8-16)10(2)17/h11H,3-9H2,1-2H3. The van der Waals surface area contributed by atoms with Crippen LogP contribution in [-0.2, 0) is 17.8 Å². The number of hydrogen-bond donors (Lipinski definition) is 0. The maximum atomic E-state index is 11.3. The molecule has 0 radical (unpaired) electrons. The van der Waals surface area contributed by atoms with Crippen molar-refractivity contribution in [3.63, 3.8) is 0 Å². The summed E-state index contributed by atoms with van der Waals surface area (Å²) in [5, 5.41) is 3.99. The Morgan fingerprint density at radius 2 is 2.17 bits per heavy atom. The second kappa shape index (κ2) is 6.09. The van der Waals surface area contributed by atoms with Crippen LogP contribution in [0.5, 0.6) is 0 Å². The Kier molecular flexibility index (Phi) is 4.47. The molecule has 1 aliphatic rings. The Balaban J connectivity index is 1.81. The predicted molar refractivity (Wildman–Crippen MR) is 67.0 cm³/mol. The molecule has 2 heterocycles. The molecule has 1 aliphatic heterocycles. The molecular weight excluding hydrogens is 230 g/mol. The SMILES string of the molecule is CCCc1nc(CN2CCC(C(C)=O)CC2)no1. The van der Waals surface area contributed by atoms with Gasteiger partial charge < -0.3 is 4.52 Å². The van der Waals surface area contributed by atoms with Gasteiger partial charge in [-0.2, -0.15) is 4.98 Å². The van der Waals surface area contributed by atoms with Crippen LogP contribution in [0.2, 0.25) is 0 Å². The Morgan fingerprint density at radius 3 is 2.78 bits per heavy atom. The van der Waals surface area contributed by atoms with Crippen LogP contribution in [0.3, 0.4) is 0 Å². The minimum absolute atomic E-state index is 0.252. The zero-order valence-electron chi connectivity index (χ0n) is 11.2. The van der Waals surface area contributed by atoms with Crippen LogP contribution in [0.1, 0.15) is 44.8 Å². The van der Waals surface area contributed by atoms with Crippen LogP contribution in [0, 0.1) is 5.92 Å². The van der Waals surface area contributed by atoms with Gasteiger partial charge in [-0.15, -0.1) is 0 Å². The largest absolute Gasteiger partial charge is 0.339 e. The number of carbonyl (C=O) groups is 1. The summed E-state index contributed by atoms with van der Waals surface area (Å²) in [6, 6.07) is 0. The normalized spacial score (nSPS) is 18.1. The zero-order chi connectivity index (χ0) is 13.0. The van der Waals surface area contributed by atoms with Crippen molar-refractivity contribution in [2.75, 3.05) is 13.1 Å². The van der Waals surface area contributed by atoms with Crippen LogP contribution in [0.25, 0.3) is 0 Å². The van der Waals surface area contributed by atoms with Gasteiger partial charge in [0.05, 0.1) is 6.54 Å². The molecule has 1 aromatic heterocycles. The van der Waals surface area contributed by atoms with Crippen LogP contribution >= 0.6 is 0 Å². The lowest BCUT2D eigenvalue weighted by Gasteiger charge is -2.29. The molecule has 0 aliphatic carbocycles. The van der Waals surface area contributed by atoms with E-state index in [1.807, 2.05) is 0 Å². The number of rotatable bonds is 5. The Bertz CT molecular complexity index is 395. The van der Waals surface area contributed by atoms with E-state index in [9.17, 15) is 4.79 Å². The molecule has 0 unspecified atom stereocenters. The summed E-state index contributed by atoms with van der Waals surface area (Å²) in [6.07, 6.45) is 3.77. The summed E-state index contributed by atoms with van der Waals surface area (Å²) in [6.45, 7) is 6.41. The Labute approximate surface area is 108 Å². The third-order valence-corrected chi connectivity index (χ3v) is 3.50. The first-order valence-electron chi connectivity index (χ1n) is 6.73. The van der Waals surface area contributed by atoms with Gasteiger partial charge in [0.2, 0.25) is 5.89 Å². The first-order chi connectivity index (χ1) is 8.69. The quantitative estimate of drug-likeness (QED) is 0.799. The van der Waals surface area contributed by atoms with Crippen molar-refractivity contribution >= 4 is 5.78 Å². The number of ketones is 1. The van der Waals surface area contributed by atoms with Crippen molar-refractivity contribution in [3.8, 4) is 0 Å². The summed E-state index contributed by atoms with van der Waals surface area (Å²) in [5.74, 6) is 2.06.